The predicted molar refractivity (Wildman–Crippen MR) is 44.8 cm³/mol. The largest absolute Gasteiger partial charge is 0.496 e. The zero-order valence-corrected chi connectivity index (χ0v) is 6.98. The predicted octanol–water partition coefficient (Wildman–Crippen LogP) is 0.717. The first kappa shape index (κ1) is 9.25. The van der Waals surface area contributed by atoms with Gasteiger partial charge in [-0.1, -0.05) is 12.1 Å². The van der Waals surface area contributed by atoms with Gasteiger partial charge in [0.05, 0.1) is 12.7 Å². The molecule has 0 aromatic heterocycles. The van der Waals surface area contributed by atoms with Crippen LogP contribution in [0.1, 0.15) is 20.7 Å². The van der Waals surface area contributed by atoms with Crippen LogP contribution in [0.15, 0.2) is 18.2 Å². The second-order valence-electron chi connectivity index (χ2n) is 2.35. The maximum atomic E-state index is 10.7. The van der Waals surface area contributed by atoms with Crippen LogP contribution in [0.4, 0.5) is 0 Å². The van der Waals surface area contributed by atoms with Crippen LogP contribution >= 0.6 is 0 Å². The number of carbonyl (C=O) groups is 2. The first-order valence-electron chi connectivity index (χ1n) is 3.56. The molecule has 0 heterocycles. The van der Waals surface area contributed by atoms with E-state index in [0.29, 0.717) is 6.29 Å². The van der Waals surface area contributed by atoms with Gasteiger partial charge in [-0.2, -0.15) is 0 Å². The van der Waals surface area contributed by atoms with Gasteiger partial charge in [0, 0.05) is 5.56 Å². The van der Waals surface area contributed by atoms with Gasteiger partial charge in [-0.3, -0.25) is 9.59 Å². The van der Waals surface area contributed by atoms with Crippen molar-refractivity contribution in [2.75, 3.05) is 7.11 Å². The topological polar surface area (TPSA) is 65.7 Å². The van der Waals surface area contributed by atoms with Crippen LogP contribution in [0.2, 0.25) is 0 Å². The fourth-order valence-corrected chi connectivity index (χ4v) is 1.05. The number of aldehydes is 1. The molecule has 0 saturated heterocycles. The summed E-state index contributed by atoms with van der Waals surface area (Å²) in [6.07, 6.45) is 0.492. The number of ether oxygens (including phenoxy) is 1. The van der Waals surface area contributed by atoms with E-state index in [4.69, 9.17) is 10.5 Å². The van der Waals surface area contributed by atoms with Crippen molar-refractivity contribution in [2.45, 2.75) is 0 Å². The zero-order valence-electron chi connectivity index (χ0n) is 6.98. The van der Waals surface area contributed by atoms with Crippen molar-refractivity contribution >= 4 is 12.2 Å². The summed E-state index contributed by atoms with van der Waals surface area (Å²) in [4.78, 5) is 21.2. The highest BCUT2D eigenvalue weighted by Gasteiger charge is 2.14. The normalized spacial score (nSPS) is 9.31. The summed E-state index contributed by atoms with van der Waals surface area (Å²) in [5, 5.41) is 0. The molecule has 1 amide bonds. The number of hydrogen-bond donors (Lipinski definition) is 0. The van der Waals surface area contributed by atoms with Gasteiger partial charge in [-0.15, -0.1) is 5.73 Å². The van der Waals surface area contributed by atoms with Gasteiger partial charge >= 0.3 is 0 Å². The van der Waals surface area contributed by atoms with E-state index in [9.17, 15) is 9.59 Å². The van der Waals surface area contributed by atoms with Crippen LogP contribution in [-0.4, -0.2) is 19.3 Å². The summed E-state index contributed by atoms with van der Waals surface area (Å²) in [6, 6.07) is 4.49. The Labute approximate surface area is 75.3 Å². The van der Waals surface area contributed by atoms with Crippen molar-refractivity contribution in [3.63, 3.8) is 0 Å². The summed E-state index contributed by atoms with van der Waals surface area (Å²) in [5.41, 5.74) is 8.79. The summed E-state index contributed by atoms with van der Waals surface area (Å²) in [7, 11) is 1.36. The number of nitrogens with zero attached hydrogens (tertiary/aromatic N) is 1. The minimum absolute atomic E-state index is 0.0972. The monoisotopic (exact) mass is 177 g/mol. The number of benzene rings is 1. The van der Waals surface area contributed by atoms with E-state index in [2.05, 4.69) is 0 Å². The molecular formula is C9H7NO3. The lowest BCUT2D eigenvalue weighted by atomic mass is 10.1. The number of hydrogen-bond acceptors (Lipinski definition) is 3. The maximum Gasteiger partial charge on any atom is 0.300 e. The third kappa shape index (κ3) is 1.66. The minimum Gasteiger partial charge on any atom is -0.496 e. The highest BCUT2D eigenvalue weighted by Crippen LogP contribution is 2.20. The lowest BCUT2D eigenvalue weighted by Gasteiger charge is -2.05. The molecule has 0 spiro atoms. The molecule has 0 saturated carbocycles. The first-order chi connectivity index (χ1) is 6.20. The van der Waals surface area contributed by atoms with Crippen molar-refractivity contribution in [1.82, 2.24) is 5.73 Å². The second-order valence-corrected chi connectivity index (χ2v) is 2.35. The van der Waals surface area contributed by atoms with Crippen molar-refractivity contribution in [3.05, 3.63) is 29.3 Å². The van der Waals surface area contributed by atoms with Crippen molar-refractivity contribution in [1.29, 1.82) is 0 Å². The molecule has 2 radical (unpaired) electrons. The smallest absolute Gasteiger partial charge is 0.300 e. The second kappa shape index (κ2) is 3.71. The van der Waals surface area contributed by atoms with Gasteiger partial charge in [0.2, 0.25) is 0 Å². The number of rotatable bonds is 3. The molecule has 1 aromatic carbocycles. The van der Waals surface area contributed by atoms with Gasteiger partial charge < -0.3 is 4.74 Å². The Bertz CT molecular complexity index is 347. The number of methoxy groups -OCH3 is 1. The fraction of sp³-hybridized carbons (Fsp3) is 0.111. The van der Waals surface area contributed by atoms with E-state index in [1.165, 1.54) is 19.2 Å². The Morgan fingerprint density at radius 3 is 2.69 bits per heavy atom. The van der Waals surface area contributed by atoms with Crippen LogP contribution in [0.5, 0.6) is 5.75 Å². The number of carbonyl (C=O) groups excluding carboxylic acids is 2. The molecule has 4 heteroatoms. The van der Waals surface area contributed by atoms with Crippen LogP contribution < -0.4 is 10.5 Å². The fourth-order valence-electron chi connectivity index (χ4n) is 1.05. The Morgan fingerprint density at radius 2 is 2.23 bits per heavy atom. The lowest BCUT2D eigenvalue weighted by molar-refractivity contribution is 0.0982. The Kier molecular flexibility index (Phi) is 2.64. The minimum atomic E-state index is -1.17. The molecule has 0 bridgehead atoms. The SMILES string of the molecule is COc1cccc(C=O)c1C([N])=O. The maximum absolute atomic E-state index is 10.7. The molecule has 1 aromatic rings. The van der Waals surface area contributed by atoms with E-state index in [1.54, 1.807) is 6.07 Å². The standard InChI is InChI=1S/C9H7NO3/c1-13-7-4-2-3-6(5-11)8(7)9(10)12/h2-5H,1H3. The van der Waals surface area contributed by atoms with Gasteiger partial charge in [0.25, 0.3) is 5.91 Å². The highest BCUT2D eigenvalue weighted by molar-refractivity contribution is 6.02. The third-order valence-electron chi connectivity index (χ3n) is 1.62. The van der Waals surface area contributed by atoms with E-state index in [0.717, 1.165) is 0 Å². The summed E-state index contributed by atoms with van der Waals surface area (Å²) < 4.78 is 4.81. The van der Waals surface area contributed by atoms with Crippen molar-refractivity contribution in [2.24, 2.45) is 0 Å². The molecule has 13 heavy (non-hydrogen) atoms. The zero-order chi connectivity index (χ0) is 9.84. The molecular weight excluding hydrogens is 170 g/mol. The summed E-state index contributed by atoms with van der Waals surface area (Å²) in [6.45, 7) is 0. The molecule has 66 valence electrons. The third-order valence-corrected chi connectivity index (χ3v) is 1.62. The molecule has 0 fully saturated rings. The van der Waals surface area contributed by atoms with Crippen molar-refractivity contribution < 1.29 is 14.3 Å². The number of amides is 1. The molecule has 0 N–H and O–H groups in total. The Morgan fingerprint density at radius 1 is 1.54 bits per heavy atom. The van der Waals surface area contributed by atoms with Gasteiger partial charge in [-0.05, 0) is 6.07 Å². The van der Waals surface area contributed by atoms with Crippen LogP contribution in [0.3, 0.4) is 0 Å². The highest BCUT2D eigenvalue weighted by atomic mass is 16.5. The van der Waals surface area contributed by atoms with Crippen LogP contribution in [-0.2, 0) is 0 Å². The molecule has 0 aliphatic carbocycles. The first-order valence-corrected chi connectivity index (χ1v) is 3.56. The molecule has 4 nitrogen and oxygen atoms in total. The van der Waals surface area contributed by atoms with E-state index >= 15 is 0 Å². The van der Waals surface area contributed by atoms with Crippen molar-refractivity contribution in [3.8, 4) is 5.75 Å². The molecule has 0 aliphatic heterocycles. The van der Waals surface area contributed by atoms with E-state index in [1.807, 2.05) is 0 Å². The molecule has 1 rings (SSSR count). The Balaban J connectivity index is 3.38. The van der Waals surface area contributed by atoms with Gasteiger partial charge in [0.1, 0.15) is 5.75 Å². The van der Waals surface area contributed by atoms with Crippen LogP contribution in [0.25, 0.3) is 0 Å². The average Bonchev–Trinajstić information content (AvgIpc) is 2.16. The molecule has 0 atom stereocenters. The average molecular weight is 177 g/mol. The Hall–Kier alpha value is -1.84. The van der Waals surface area contributed by atoms with E-state index < -0.39 is 5.91 Å². The van der Waals surface area contributed by atoms with Gasteiger partial charge in [0.15, 0.2) is 6.29 Å². The molecule has 0 aliphatic rings. The molecule has 0 unspecified atom stereocenters. The summed E-state index contributed by atoms with van der Waals surface area (Å²) >= 11 is 0. The summed E-state index contributed by atoms with van der Waals surface area (Å²) in [5.74, 6) is -0.975. The van der Waals surface area contributed by atoms with E-state index in [-0.39, 0.29) is 16.9 Å². The van der Waals surface area contributed by atoms with Gasteiger partial charge in [-0.25, -0.2) is 0 Å². The lowest BCUT2D eigenvalue weighted by Crippen LogP contribution is -2.06. The quantitative estimate of drug-likeness (QED) is 0.639. The van der Waals surface area contributed by atoms with Crippen LogP contribution in [0, 0.1) is 0 Å².